The van der Waals surface area contributed by atoms with Crippen molar-refractivity contribution < 1.29 is 9.53 Å². The highest BCUT2D eigenvalue weighted by Crippen LogP contribution is 2.39. The van der Waals surface area contributed by atoms with E-state index in [9.17, 15) is 4.79 Å². The summed E-state index contributed by atoms with van der Waals surface area (Å²) in [6.45, 7) is 0.237. The maximum atomic E-state index is 11.7. The number of carbonyl (C=O) groups is 1. The lowest BCUT2D eigenvalue weighted by Crippen LogP contribution is -2.10. The van der Waals surface area contributed by atoms with E-state index >= 15 is 0 Å². The SMILES string of the molecule is Cn1nccc1COc1nc(-c2cccc(Cl)c2)c2c(N)c(C(N)=O)sc2n1. The molecule has 0 spiro atoms. The molecule has 4 aromatic rings. The monoisotopic (exact) mass is 414 g/mol. The number of hydrogen-bond donors (Lipinski definition) is 2. The van der Waals surface area contributed by atoms with Crippen molar-refractivity contribution in [2.45, 2.75) is 6.61 Å². The fourth-order valence-electron chi connectivity index (χ4n) is 2.78. The predicted octanol–water partition coefficient (Wildman–Crippen LogP) is 3.01. The number of fused-ring (bicyclic) bond motifs is 1. The van der Waals surface area contributed by atoms with Crippen molar-refractivity contribution in [1.29, 1.82) is 0 Å². The number of aryl methyl sites for hydroxylation is 1. The van der Waals surface area contributed by atoms with E-state index in [0.29, 0.717) is 20.9 Å². The van der Waals surface area contributed by atoms with E-state index in [-0.39, 0.29) is 23.2 Å². The van der Waals surface area contributed by atoms with Gasteiger partial charge in [0.1, 0.15) is 16.3 Å². The molecule has 28 heavy (non-hydrogen) atoms. The van der Waals surface area contributed by atoms with Crippen molar-refractivity contribution in [3.8, 4) is 17.3 Å². The smallest absolute Gasteiger partial charge is 0.318 e. The second-order valence-electron chi connectivity index (χ2n) is 5.99. The Kier molecular flexibility index (Phi) is 4.62. The summed E-state index contributed by atoms with van der Waals surface area (Å²) < 4.78 is 7.47. The number of primary amides is 1. The van der Waals surface area contributed by atoms with Crippen LogP contribution in [-0.4, -0.2) is 25.7 Å². The number of amides is 1. The zero-order chi connectivity index (χ0) is 19.8. The summed E-state index contributed by atoms with van der Waals surface area (Å²) in [6, 6.07) is 9.16. The zero-order valence-corrected chi connectivity index (χ0v) is 16.3. The number of nitrogens with two attached hydrogens (primary N) is 2. The highest BCUT2D eigenvalue weighted by Gasteiger charge is 2.21. The van der Waals surface area contributed by atoms with Gasteiger partial charge in [0.15, 0.2) is 0 Å². The maximum Gasteiger partial charge on any atom is 0.318 e. The Bertz CT molecular complexity index is 1200. The molecule has 0 bridgehead atoms. The normalized spacial score (nSPS) is 11.1. The molecule has 142 valence electrons. The minimum atomic E-state index is -0.616. The molecule has 0 aliphatic carbocycles. The second kappa shape index (κ2) is 7.10. The highest BCUT2D eigenvalue weighted by molar-refractivity contribution is 7.21. The molecule has 4 N–H and O–H groups in total. The van der Waals surface area contributed by atoms with Gasteiger partial charge >= 0.3 is 6.01 Å². The van der Waals surface area contributed by atoms with Crippen LogP contribution in [0.3, 0.4) is 0 Å². The van der Waals surface area contributed by atoms with Crippen LogP contribution < -0.4 is 16.2 Å². The lowest BCUT2D eigenvalue weighted by Gasteiger charge is -2.09. The lowest BCUT2D eigenvalue weighted by atomic mass is 10.1. The van der Waals surface area contributed by atoms with Crippen LogP contribution in [0.2, 0.25) is 5.02 Å². The first-order valence-electron chi connectivity index (χ1n) is 8.19. The molecule has 0 fully saturated rings. The van der Waals surface area contributed by atoms with Crippen LogP contribution in [-0.2, 0) is 13.7 Å². The Hall–Kier alpha value is -3.17. The zero-order valence-electron chi connectivity index (χ0n) is 14.7. The molecule has 0 radical (unpaired) electrons. The average molecular weight is 415 g/mol. The van der Waals surface area contributed by atoms with E-state index < -0.39 is 5.91 Å². The molecule has 3 aromatic heterocycles. The van der Waals surface area contributed by atoms with E-state index in [1.807, 2.05) is 19.2 Å². The molecule has 0 saturated carbocycles. The molecule has 0 aliphatic rings. The van der Waals surface area contributed by atoms with E-state index in [4.69, 9.17) is 27.8 Å². The summed E-state index contributed by atoms with van der Waals surface area (Å²) in [5.41, 5.74) is 14.0. The van der Waals surface area contributed by atoms with Crippen LogP contribution >= 0.6 is 22.9 Å². The van der Waals surface area contributed by atoms with Crippen molar-refractivity contribution in [3.05, 3.63) is 52.1 Å². The van der Waals surface area contributed by atoms with Gasteiger partial charge in [0.2, 0.25) is 0 Å². The Morgan fingerprint density at radius 3 is 2.82 bits per heavy atom. The van der Waals surface area contributed by atoms with Gasteiger partial charge in [-0.15, -0.1) is 11.3 Å². The molecular formula is C18H15ClN6O2S. The number of carbonyl (C=O) groups excluding carboxylic acids is 1. The quantitative estimate of drug-likeness (QED) is 0.517. The average Bonchev–Trinajstić information content (AvgIpc) is 3.22. The Morgan fingerprint density at radius 2 is 2.14 bits per heavy atom. The van der Waals surface area contributed by atoms with E-state index in [1.54, 1.807) is 29.1 Å². The molecule has 1 aromatic carbocycles. The Morgan fingerprint density at radius 1 is 1.32 bits per heavy atom. The number of rotatable bonds is 5. The lowest BCUT2D eigenvalue weighted by molar-refractivity contribution is 0.100. The minimum Gasteiger partial charge on any atom is -0.457 e. The van der Waals surface area contributed by atoms with Crippen LogP contribution in [0.4, 0.5) is 5.69 Å². The van der Waals surface area contributed by atoms with Gasteiger partial charge in [0.05, 0.1) is 22.5 Å². The number of nitrogens with zero attached hydrogens (tertiary/aromatic N) is 4. The summed E-state index contributed by atoms with van der Waals surface area (Å²) >= 11 is 7.24. The van der Waals surface area contributed by atoms with Crippen molar-refractivity contribution in [2.24, 2.45) is 12.8 Å². The van der Waals surface area contributed by atoms with Crippen LogP contribution in [0.15, 0.2) is 36.5 Å². The molecule has 1 amide bonds. The largest absolute Gasteiger partial charge is 0.457 e. The molecule has 10 heteroatoms. The van der Waals surface area contributed by atoms with Gasteiger partial charge in [0.25, 0.3) is 5.91 Å². The molecule has 4 rings (SSSR count). The molecule has 3 heterocycles. The number of nitrogen functional groups attached to an aromatic ring is 1. The molecule has 0 atom stereocenters. The number of thiophene rings is 1. The van der Waals surface area contributed by atoms with Gasteiger partial charge < -0.3 is 16.2 Å². The fourth-order valence-corrected chi connectivity index (χ4v) is 3.90. The van der Waals surface area contributed by atoms with Crippen molar-refractivity contribution in [2.75, 3.05) is 5.73 Å². The third-order valence-electron chi connectivity index (χ3n) is 4.16. The first kappa shape index (κ1) is 18.2. The van der Waals surface area contributed by atoms with Gasteiger partial charge in [-0.1, -0.05) is 23.7 Å². The number of anilines is 1. The predicted molar refractivity (Wildman–Crippen MR) is 108 cm³/mol. The number of ether oxygens (including phenoxy) is 1. The summed E-state index contributed by atoms with van der Waals surface area (Å²) in [5.74, 6) is -0.616. The Balaban J connectivity index is 1.85. The standard InChI is InChI=1S/C18H15ClN6O2S/c1-25-11(5-6-22-25)8-27-18-23-14(9-3-2-4-10(19)7-9)12-13(20)15(16(21)26)28-17(12)24-18/h2-7H,8,20H2,1H3,(H2,21,26). The maximum absolute atomic E-state index is 11.7. The Labute approximate surface area is 168 Å². The molecule has 8 nitrogen and oxygen atoms in total. The van der Waals surface area contributed by atoms with Crippen molar-refractivity contribution in [3.63, 3.8) is 0 Å². The number of benzene rings is 1. The van der Waals surface area contributed by atoms with Gasteiger partial charge in [0, 0.05) is 23.8 Å². The van der Waals surface area contributed by atoms with Gasteiger partial charge in [-0.3, -0.25) is 9.48 Å². The third-order valence-corrected chi connectivity index (χ3v) is 5.51. The molecule has 0 aliphatic heterocycles. The second-order valence-corrected chi connectivity index (χ2v) is 7.42. The summed E-state index contributed by atoms with van der Waals surface area (Å²) in [7, 11) is 1.82. The summed E-state index contributed by atoms with van der Waals surface area (Å²) in [5, 5.41) is 5.20. The topological polar surface area (TPSA) is 122 Å². The van der Waals surface area contributed by atoms with Crippen molar-refractivity contribution >= 4 is 44.7 Å². The molecule has 0 saturated heterocycles. The number of aromatic nitrogens is 4. The van der Waals surface area contributed by atoms with Crippen LogP contribution in [0.1, 0.15) is 15.4 Å². The third kappa shape index (κ3) is 3.25. The summed E-state index contributed by atoms with van der Waals surface area (Å²) in [4.78, 5) is 21.4. The molecule has 0 unspecified atom stereocenters. The fraction of sp³-hybridized carbons (Fsp3) is 0.111. The van der Waals surface area contributed by atoms with E-state index in [2.05, 4.69) is 15.1 Å². The van der Waals surface area contributed by atoms with Gasteiger partial charge in [-0.25, -0.2) is 0 Å². The van der Waals surface area contributed by atoms with E-state index in [0.717, 1.165) is 22.6 Å². The van der Waals surface area contributed by atoms with E-state index in [1.165, 1.54) is 0 Å². The molecular weight excluding hydrogens is 400 g/mol. The first-order chi connectivity index (χ1) is 13.4. The van der Waals surface area contributed by atoms with Gasteiger partial charge in [-0.05, 0) is 18.2 Å². The highest BCUT2D eigenvalue weighted by atomic mass is 35.5. The summed E-state index contributed by atoms with van der Waals surface area (Å²) in [6.07, 6.45) is 1.68. The first-order valence-corrected chi connectivity index (χ1v) is 9.39. The van der Waals surface area contributed by atoms with Crippen LogP contribution in [0.5, 0.6) is 6.01 Å². The van der Waals surface area contributed by atoms with Crippen LogP contribution in [0.25, 0.3) is 21.5 Å². The minimum absolute atomic E-state index is 0.154. The van der Waals surface area contributed by atoms with Crippen LogP contribution in [0, 0.1) is 0 Å². The van der Waals surface area contributed by atoms with Crippen molar-refractivity contribution in [1.82, 2.24) is 19.7 Å². The number of hydrogen-bond acceptors (Lipinski definition) is 7. The number of halogens is 1. The van der Waals surface area contributed by atoms with Gasteiger partial charge in [-0.2, -0.15) is 15.1 Å².